The van der Waals surface area contributed by atoms with Crippen LogP contribution in [-0.2, 0) is 9.59 Å². The fraction of sp³-hybridized carbons (Fsp3) is 0.857. The molecule has 0 aliphatic heterocycles. The van der Waals surface area contributed by atoms with Gasteiger partial charge in [-0.3, -0.25) is 9.59 Å². The van der Waals surface area contributed by atoms with E-state index in [4.69, 9.17) is 0 Å². The third kappa shape index (κ3) is 2.38. The Balaban J connectivity index is 1.99. The molecule has 2 N–H and O–H groups in total. The normalized spacial score (nSPS) is 35.4. The van der Waals surface area contributed by atoms with E-state index in [0.29, 0.717) is 5.92 Å². The Labute approximate surface area is 108 Å². The van der Waals surface area contributed by atoms with Crippen LogP contribution in [0.3, 0.4) is 0 Å². The molecule has 5 unspecified atom stereocenters. The van der Waals surface area contributed by atoms with Gasteiger partial charge in [-0.2, -0.15) is 0 Å². The van der Waals surface area contributed by atoms with Crippen LogP contribution in [0.4, 0.5) is 0 Å². The van der Waals surface area contributed by atoms with Crippen molar-refractivity contribution in [1.82, 2.24) is 5.32 Å². The molecule has 5 atom stereocenters. The first kappa shape index (κ1) is 13.4. The summed E-state index contributed by atoms with van der Waals surface area (Å²) in [6.45, 7) is 3.98. The summed E-state index contributed by atoms with van der Waals surface area (Å²) in [5.74, 6) is -0.422. The van der Waals surface area contributed by atoms with Gasteiger partial charge in [0.2, 0.25) is 5.91 Å². The van der Waals surface area contributed by atoms with Gasteiger partial charge in [-0.05, 0) is 37.5 Å². The Morgan fingerprint density at radius 1 is 1.33 bits per heavy atom. The van der Waals surface area contributed by atoms with Crippen molar-refractivity contribution in [2.45, 2.75) is 52.0 Å². The minimum absolute atomic E-state index is 0.0106. The first-order valence-corrected chi connectivity index (χ1v) is 7.07. The fourth-order valence-electron chi connectivity index (χ4n) is 3.72. The molecule has 18 heavy (non-hydrogen) atoms. The van der Waals surface area contributed by atoms with Crippen LogP contribution in [0.1, 0.15) is 46.0 Å². The Kier molecular flexibility index (Phi) is 3.93. The van der Waals surface area contributed by atoms with E-state index in [1.807, 2.05) is 6.92 Å². The second-order valence-corrected chi connectivity index (χ2v) is 5.92. The van der Waals surface area contributed by atoms with Crippen LogP contribution < -0.4 is 5.32 Å². The van der Waals surface area contributed by atoms with E-state index in [0.717, 1.165) is 32.1 Å². The average Bonchev–Trinajstić information content (AvgIpc) is 2.89. The van der Waals surface area contributed by atoms with E-state index >= 15 is 0 Å². The lowest BCUT2D eigenvalue weighted by Crippen LogP contribution is -2.48. The Morgan fingerprint density at radius 3 is 2.61 bits per heavy atom. The van der Waals surface area contributed by atoms with Crippen LogP contribution in [-0.4, -0.2) is 23.0 Å². The highest BCUT2D eigenvalue weighted by Crippen LogP contribution is 2.48. The third-order valence-corrected chi connectivity index (χ3v) is 4.68. The van der Waals surface area contributed by atoms with Crippen molar-refractivity contribution in [3.8, 4) is 0 Å². The summed E-state index contributed by atoms with van der Waals surface area (Å²) in [4.78, 5) is 23.4. The average molecular weight is 253 g/mol. The largest absolute Gasteiger partial charge is 0.481 e. The number of aliphatic carboxylic acids is 1. The maximum absolute atomic E-state index is 12.0. The summed E-state index contributed by atoms with van der Waals surface area (Å²) >= 11 is 0. The standard InChI is InChI=1S/C14H23NO3/c1-3-4-8(2)13(16)15-12-10-6-5-9(7-10)11(12)14(17)18/h8-12H,3-7H2,1-2H3,(H,15,16)(H,17,18). The number of hydrogen-bond donors (Lipinski definition) is 2. The summed E-state index contributed by atoms with van der Waals surface area (Å²) in [7, 11) is 0. The van der Waals surface area contributed by atoms with Crippen molar-refractivity contribution in [3.63, 3.8) is 0 Å². The van der Waals surface area contributed by atoms with Gasteiger partial charge in [0.25, 0.3) is 0 Å². The van der Waals surface area contributed by atoms with Crippen LogP contribution in [0.25, 0.3) is 0 Å². The molecule has 2 rings (SSSR count). The number of hydrogen-bond acceptors (Lipinski definition) is 2. The van der Waals surface area contributed by atoms with Crippen molar-refractivity contribution in [3.05, 3.63) is 0 Å². The van der Waals surface area contributed by atoms with E-state index in [1.54, 1.807) is 0 Å². The van der Waals surface area contributed by atoms with E-state index in [-0.39, 0.29) is 29.7 Å². The quantitative estimate of drug-likeness (QED) is 0.788. The molecule has 0 saturated heterocycles. The van der Waals surface area contributed by atoms with Gasteiger partial charge >= 0.3 is 5.97 Å². The molecule has 102 valence electrons. The third-order valence-electron chi connectivity index (χ3n) is 4.68. The SMILES string of the molecule is CCCC(C)C(=O)NC1C2CCC(C2)C1C(=O)O. The van der Waals surface area contributed by atoms with Gasteiger partial charge in [-0.15, -0.1) is 0 Å². The van der Waals surface area contributed by atoms with Crippen molar-refractivity contribution in [2.24, 2.45) is 23.7 Å². The molecule has 0 radical (unpaired) electrons. The highest BCUT2D eigenvalue weighted by Gasteiger charge is 2.51. The Bertz CT molecular complexity index is 342. The zero-order valence-corrected chi connectivity index (χ0v) is 11.2. The predicted octanol–water partition coefficient (Wildman–Crippen LogP) is 2.04. The fourth-order valence-corrected chi connectivity index (χ4v) is 3.72. The zero-order valence-electron chi connectivity index (χ0n) is 11.2. The second-order valence-electron chi connectivity index (χ2n) is 5.92. The highest BCUT2D eigenvalue weighted by molar-refractivity contribution is 5.80. The number of rotatable bonds is 5. The molecule has 2 aliphatic rings. The molecule has 2 saturated carbocycles. The maximum atomic E-state index is 12.0. The van der Waals surface area contributed by atoms with E-state index < -0.39 is 5.97 Å². The van der Waals surface area contributed by atoms with Crippen molar-refractivity contribution in [2.75, 3.05) is 0 Å². The minimum atomic E-state index is -0.740. The van der Waals surface area contributed by atoms with Crippen molar-refractivity contribution in [1.29, 1.82) is 0 Å². The van der Waals surface area contributed by atoms with Crippen molar-refractivity contribution >= 4 is 11.9 Å². The van der Waals surface area contributed by atoms with E-state index in [9.17, 15) is 14.7 Å². The van der Waals surface area contributed by atoms with E-state index in [1.165, 1.54) is 0 Å². The Hall–Kier alpha value is -1.06. The zero-order chi connectivity index (χ0) is 13.3. The summed E-state index contributed by atoms with van der Waals surface area (Å²) in [6, 6.07) is -0.131. The number of carboxylic acids is 1. The van der Waals surface area contributed by atoms with E-state index in [2.05, 4.69) is 12.2 Å². The molecule has 1 amide bonds. The monoisotopic (exact) mass is 253 g/mol. The molecule has 0 heterocycles. The van der Waals surface area contributed by atoms with Crippen LogP contribution in [0.2, 0.25) is 0 Å². The number of fused-ring (bicyclic) bond motifs is 2. The summed E-state index contributed by atoms with van der Waals surface area (Å²) in [5.41, 5.74) is 0. The number of nitrogens with one attached hydrogen (secondary N) is 1. The molecule has 0 aromatic carbocycles. The van der Waals surface area contributed by atoms with Crippen molar-refractivity contribution < 1.29 is 14.7 Å². The molecule has 2 fully saturated rings. The first-order valence-electron chi connectivity index (χ1n) is 7.07. The number of carbonyl (C=O) groups is 2. The molecule has 4 nitrogen and oxygen atoms in total. The van der Waals surface area contributed by atoms with Gasteiger partial charge in [-0.1, -0.05) is 20.3 Å². The predicted molar refractivity (Wildman–Crippen MR) is 68.0 cm³/mol. The molecule has 0 aromatic rings. The van der Waals surface area contributed by atoms with Gasteiger partial charge in [0.05, 0.1) is 5.92 Å². The summed E-state index contributed by atoms with van der Waals surface area (Å²) < 4.78 is 0. The lowest BCUT2D eigenvalue weighted by Gasteiger charge is -2.29. The Morgan fingerprint density at radius 2 is 2.00 bits per heavy atom. The highest BCUT2D eigenvalue weighted by atomic mass is 16.4. The minimum Gasteiger partial charge on any atom is -0.481 e. The molecule has 0 aromatic heterocycles. The summed E-state index contributed by atoms with van der Waals surface area (Å²) in [6.07, 6.45) is 4.90. The molecular formula is C14H23NO3. The van der Waals surface area contributed by atoms with Crippen LogP contribution in [0, 0.1) is 23.7 Å². The lowest BCUT2D eigenvalue weighted by atomic mass is 9.84. The van der Waals surface area contributed by atoms with Crippen LogP contribution in [0.5, 0.6) is 0 Å². The smallest absolute Gasteiger partial charge is 0.308 e. The van der Waals surface area contributed by atoms with Gasteiger partial charge in [0.15, 0.2) is 0 Å². The van der Waals surface area contributed by atoms with Crippen LogP contribution >= 0.6 is 0 Å². The van der Waals surface area contributed by atoms with Gasteiger partial charge in [0, 0.05) is 12.0 Å². The molecule has 0 spiro atoms. The van der Waals surface area contributed by atoms with Gasteiger partial charge in [0.1, 0.15) is 0 Å². The summed E-state index contributed by atoms with van der Waals surface area (Å²) in [5, 5.41) is 12.3. The van der Waals surface area contributed by atoms with Crippen LogP contribution in [0.15, 0.2) is 0 Å². The van der Waals surface area contributed by atoms with Gasteiger partial charge < -0.3 is 10.4 Å². The molecule has 4 heteroatoms. The molecule has 2 bridgehead atoms. The number of carboxylic acid groups (broad SMARTS) is 1. The second kappa shape index (κ2) is 5.29. The topological polar surface area (TPSA) is 66.4 Å². The molecule has 2 aliphatic carbocycles. The van der Waals surface area contributed by atoms with Gasteiger partial charge in [-0.25, -0.2) is 0 Å². The lowest BCUT2D eigenvalue weighted by molar-refractivity contribution is -0.145. The maximum Gasteiger partial charge on any atom is 0.308 e. The number of carbonyl (C=O) groups excluding carboxylic acids is 1. The number of amides is 1. The molecular weight excluding hydrogens is 230 g/mol. The first-order chi connectivity index (χ1) is 8.54.